The molecule has 0 amide bonds. The highest BCUT2D eigenvalue weighted by Gasteiger charge is 2.48. The molecule has 1 aliphatic rings. The minimum Gasteiger partial charge on any atom is -0.478 e. The van der Waals surface area contributed by atoms with Gasteiger partial charge in [0.25, 0.3) is 0 Å². The average Bonchev–Trinajstić information content (AvgIpc) is 2.41. The summed E-state index contributed by atoms with van der Waals surface area (Å²) in [6.07, 6.45) is -6.50. The van der Waals surface area contributed by atoms with Gasteiger partial charge in [0.15, 0.2) is 0 Å². The third-order valence-electron chi connectivity index (χ3n) is 3.03. The van der Waals surface area contributed by atoms with Crippen LogP contribution in [0.15, 0.2) is 17.7 Å². The summed E-state index contributed by atoms with van der Waals surface area (Å²) in [7, 11) is 0. The van der Waals surface area contributed by atoms with E-state index in [2.05, 4.69) is 11.8 Å². The standard InChI is InChI=1S/C17H14ClF3O3/c1-16(2,3)5-4-9-6-11(18)7-10-8-12(15(22)23)14(17(19,20)21)24-13(9)10/h6-8,14H,1-3H3,(H,22,23)/t14-/m0/s1. The summed E-state index contributed by atoms with van der Waals surface area (Å²) < 4.78 is 44.4. The summed E-state index contributed by atoms with van der Waals surface area (Å²) in [4.78, 5) is 11.1. The zero-order chi connectivity index (χ0) is 18.3. The highest BCUT2D eigenvalue weighted by Crippen LogP contribution is 2.40. The van der Waals surface area contributed by atoms with Crippen LogP contribution in [0.2, 0.25) is 5.02 Å². The third-order valence-corrected chi connectivity index (χ3v) is 3.25. The lowest BCUT2D eigenvalue weighted by Crippen LogP contribution is -2.40. The lowest BCUT2D eigenvalue weighted by atomic mass is 9.95. The van der Waals surface area contributed by atoms with Gasteiger partial charge in [0, 0.05) is 16.0 Å². The highest BCUT2D eigenvalue weighted by atomic mass is 35.5. The van der Waals surface area contributed by atoms with Crippen molar-refractivity contribution in [1.82, 2.24) is 0 Å². The molecule has 0 fully saturated rings. The number of fused-ring (bicyclic) bond motifs is 1. The first kappa shape index (κ1) is 18.2. The monoisotopic (exact) mass is 358 g/mol. The number of carboxylic acids is 1. The highest BCUT2D eigenvalue weighted by molar-refractivity contribution is 6.31. The molecule has 24 heavy (non-hydrogen) atoms. The van der Waals surface area contributed by atoms with Gasteiger partial charge in [0.05, 0.1) is 11.1 Å². The van der Waals surface area contributed by atoms with Crippen LogP contribution in [0.3, 0.4) is 0 Å². The number of rotatable bonds is 1. The number of aliphatic carboxylic acids is 1. The van der Waals surface area contributed by atoms with Crippen molar-refractivity contribution in [3.05, 3.63) is 33.9 Å². The van der Waals surface area contributed by atoms with Crippen molar-refractivity contribution in [1.29, 1.82) is 0 Å². The van der Waals surface area contributed by atoms with Crippen LogP contribution in [0.5, 0.6) is 5.75 Å². The largest absolute Gasteiger partial charge is 0.478 e. The Kier molecular flexibility index (Phi) is 4.60. The zero-order valence-corrected chi connectivity index (χ0v) is 13.8. The molecule has 0 bridgehead atoms. The molecule has 1 atom stereocenters. The van der Waals surface area contributed by atoms with Crippen LogP contribution in [0, 0.1) is 17.3 Å². The van der Waals surface area contributed by atoms with Crippen LogP contribution < -0.4 is 4.74 Å². The predicted molar refractivity (Wildman–Crippen MR) is 83.9 cm³/mol. The molecule has 1 aliphatic heterocycles. The van der Waals surface area contributed by atoms with Crippen LogP contribution in [0.4, 0.5) is 13.2 Å². The van der Waals surface area contributed by atoms with Gasteiger partial charge in [-0.2, -0.15) is 13.2 Å². The Morgan fingerprint density at radius 3 is 2.42 bits per heavy atom. The maximum atomic E-state index is 13.1. The van der Waals surface area contributed by atoms with E-state index in [1.807, 2.05) is 20.8 Å². The second-order valence-corrected chi connectivity index (χ2v) is 6.75. The summed E-state index contributed by atoms with van der Waals surface area (Å²) in [5.74, 6) is 3.84. The Morgan fingerprint density at radius 2 is 1.92 bits per heavy atom. The number of carboxylic acid groups (broad SMARTS) is 1. The number of alkyl halides is 3. The molecule has 3 nitrogen and oxygen atoms in total. The second kappa shape index (κ2) is 6.06. The van der Waals surface area contributed by atoms with Crippen LogP contribution in [0.25, 0.3) is 6.08 Å². The van der Waals surface area contributed by atoms with Gasteiger partial charge >= 0.3 is 12.1 Å². The minimum absolute atomic E-state index is 0.122. The third kappa shape index (κ3) is 4.04. The van der Waals surface area contributed by atoms with E-state index in [-0.39, 0.29) is 27.3 Å². The van der Waals surface area contributed by atoms with Crippen molar-refractivity contribution in [3.8, 4) is 17.6 Å². The molecule has 2 rings (SSSR count). The molecule has 128 valence electrons. The summed E-state index contributed by atoms with van der Waals surface area (Å²) in [5, 5.41) is 9.26. The summed E-state index contributed by atoms with van der Waals surface area (Å²) in [6, 6.07) is 2.74. The Hall–Kier alpha value is -2.13. The molecule has 0 unspecified atom stereocenters. The van der Waals surface area contributed by atoms with Crippen LogP contribution >= 0.6 is 11.6 Å². The van der Waals surface area contributed by atoms with Crippen LogP contribution in [-0.2, 0) is 4.79 Å². The topological polar surface area (TPSA) is 46.5 Å². The fraction of sp³-hybridized carbons (Fsp3) is 0.353. The number of halogens is 4. The number of hydrogen-bond acceptors (Lipinski definition) is 2. The van der Waals surface area contributed by atoms with Crippen LogP contribution in [-0.4, -0.2) is 23.4 Å². The van der Waals surface area contributed by atoms with E-state index in [4.69, 9.17) is 21.4 Å². The summed E-state index contributed by atoms with van der Waals surface area (Å²) in [6.45, 7) is 5.54. The summed E-state index contributed by atoms with van der Waals surface area (Å²) >= 11 is 5.96. The van der Waals surface area contributed by atoms with Gasteiger partial charge in [-0.3, -0.25) is 0 Å². The number of carbonyl (C=O) groups is 1. The van der Waals surface area contributed by atoms with Gasteiger partial charge < -0.3 is 9.84 Å². The molecule has 1 aromatic carbocycles. The van der Waals surface area contributed by atoms with Crippen molar-refractivity contribution >= 4 is 23.6 Å². The molecule has 7 heteroatoms. The predicted octanol–water partition coefficient (Wildman–Crippen LogP) is 4.53. The van der Waals surface area contributed by atoms with Gasteiger partial charge in [0.1, 0.15) is 5.75 Å². The van der Waals surface area contributed by atoms with Gasteiger partial charge in [-0.15, -0.1) is 0 Å². The maximum Gasteiger partial charge on any atom is 0.430 e. The normalized spacial score (nSPS) is 17.1. The van der Waals surface area contributed by atoms with Gasteiger partial charge in [-0.05, 0) is 39.0 Å². The Balaban J connectivity index is 2.65. The van der Waals surface area contributed by atoms with E-state index in [0.29, 0.717) is 0 Å². The van der Waals surface area contributed by atoms with Crippen molar-refractivity contribution in [2.45, 2.75) is 33.1 Å². The molecule has 1 heterocycles. The molecule has 0 aliphatic carbocycles. The average molecular weight is 359 g/mol. The number of ether oxygens (including phenoxy) is 1. The Bertz CT molecular complexity index is 777. The van der Waals surface area contributed by atoms with E-state index >= 15 is 0 Å². The first-order valence-corrected chi connectivity index (χ1v) is 7.31. The first-order valence-electron chi connectivity index (χ1n) is 6.93. The Labute approximate surface area is 142 Å². The summed E-state index contributed by atoms with van der Waals surface area (Å²) in [5.41, 5.74) is -0.942. The fourth-order valence-corrected chi connectivity index (χ4v) is 2.27. The van der Waals surface area contributed by atoms with Crippen molar-refractivity contribution in [2.75, 3.05) is 0 Å². The van der Waals surface area contributed by atoms with Crippen molar-refractivity contribution in [2.24, 2.45) is 5.41 Å². The quantitative estimate of drug-likeness (QED) is 0.750. The fourth-order valence-electron chi connectivity index (χ4n) is 2.04. The number of hydrogen-bond donors (Lipinski definition) is 1. The minimum atomic E-state index is -4.86. The van der Waals surface area contributed by atoms with E-state index in [1.54, 1.807) is 0 Å². The van der Waals surface area contributed by atoms with E-state index in [1.165, 1.54) is 12.1 Å². The molecule has 0 radical (unpaired) electrons. The van der Waals surface area contributed by atoms with E-state index in [0.717, 1.165) is 6.08 Å². The smallest absolute Gasteiger partial charge is 0.430 e. The molecule has 0 spiro atoms. The molecule has 0 saturated carbocycles. The lowest BCUT2D eigenvalue weighted by molar-refractivity contribution is -0.187. The van der Waals surface area contributed by atoms with Gasteiger partial charge in [-0.1, -0.05) is 23.4 Å². The molecule has 0 aromatic heterocycles. The molecular weight excluding hydrogens is 345 g/mol. The lowest BCUT2D eigenvalue weighted by Gasteiger charge is -2.27. The van der Waals surface area contributed by atoms with E-state index in [9.17, 15) is 18.0 Å². The van der Waals surface area contributed by atoms with Crippen LogP contribution in [0.1, 0.15) is 31.9 Å². The SMILES string of the molecule is CC(C)(C)C#Cc1cc(Cl)cc2c1O[C@H](C(F)(F)F)C(C(=O)O)=C2. The number of benzene rings is 1. The van der Waals surface area contributed by atoms with Gasteiger partial charge in [0.2, 0.25) is 6.10 Å². The molecule has 1 N–H and O–H groups in total. The Morgan fingerprint density at radius 1 is 1.29 bits per heavy atom. The second-order valence-electron chi connectivity index (χ2n) is 6.32. The van der Waals surface area contributed by atoms with Crippen molar-refractivity contribution < 1.29 is 27.8 Å². The van der Waals surface area contributed by atoms with E-state index < -0.39 is 23.8 Å². The zero-order valence-electron chi connectivity index (χ0n) is 13.1. The first-order chi connectivity index (χ1) is 10.9. The molecule has 0 saturated heterocycles. The maximum absolute atomic E-state index is 13.1. The molecular formula is C17H14ClF3O3. The van der Waals surface area contributed by atoms with Gasteiger partial charge in [-0.25, -0.2) is 4.79 Å². The van der Waals surface area contributed by atoms with Crippen molar-refractivity contribution in [3.63, 3.8) is 0 Å². The molecule has 1 aromatic rings.